The Hall–Kier alpha value is -4.19. The van der Waals surface area contributed by atoms with Crippen LogP contribution in [0.1, 0.15) is 55.6 Å². The molecule has 2 unspecified atom stereocenters. The summed E-state index contributed by atoms with van der Waals surface area (Å²) in [5, 5.41) is 20.9. The normalized spacial score (nSPS) is 12.7. The molecule has 45 heavy (non-hydrogen) atoms. The predicted molar refractivity (Wildman–Crippen MR) is 168 cm³/mol. The van der Waals surface area contributed by atoms with E-state index >= 15 is 0 Å². The number of amides is 3. The summed E-state index contributed by atoms with van der Waals surface area (Å²) in [7, 11) is 0. The first kappa shape index (κ1) is 35.3. The molecule has 3 rings (SSSR count). The Morgan fingerprint density at radius 2 is 1.60 bits per heavy atom. The molecule has 3 aromatic carbocycles. The molecule has 0 saturated heterocycles. The van der Waals surface area contributed by atoms with Gasteiger partial charge in [-0.15, -0.1) is 0 Å². The van der Waals surface area contributed by atoms with Crippen molar-refractivity contribution in [2.75, 3.05) is 19.7 Å². The molecule has 0 aliphatic rings. The van der Waals surface area contributed by atoms with E-state index in [2.05, 4.69) is 21.3 Å². The molecule has 3 amide bonds. The second kappa shape index (κ2) is 16.8. The molecule has 0 spiro atoms. The summed E-state index contributed by atoms with van der Waals surface area (Å²) in [5.41, 5.74) is 1.97. The Morgan fingerprint density at radius 3 is 2.24 bits per heavy atom. The topological polar surface area (TPSA) is 129 Å². The lowest BCUT2D eigenvalue weighted by atomic mass is 9.98. The first-order valence-corrected chi connectivity index (χ1v) is 14.9. The number of aliphatic hydroxyl groups excluding tert-OH is 1. The van der Waals surface area contributed by atoms with Crippen LogP contribution < -0.4 is 21.3 Å². The van der Waals surface area contributed by atoms with Crippen molar-refractivity contribution in [2.24, 2.45) is 0 Å². The van der Waals surface area contributed by atoms with Gasteiger partial charge in [-0.2, -0.15) is 0 Å². The molecule has 3 aromatic rings. The summed E-state index contributed by atoms with van der Waals surface area (Å²) in [6.07, 6.45) is -0.618. The monoisotopic (exact) mass is 624 g/mol. The minimum Gasteiger partial charge on any atom is -0.392 e. The van der Waals surface area contributed by atoms with Gasteiger partial charge < -0.3 is 31.1 Å². The third-order valence-corrected chi connectivity index (χ3v) is 6.96. The van der Waals surface area contributed by atoms with Crippen LogP contribution >= 0.6 is 0 Å². The molecule has 0 radical (unpaired) electrons. The Balaban J connectivity index is 1.68. The predicted octanol–water partition coefficient (Wildman–Crippen LogP) is 3.84. The van der Waals surface area contributed by atoms with Gasteiger partial charge in [0.1, 0.15) is 17.7 Å². The molecule has 9 nitrogen and oxygen atoms in total. The van der Waals surface area contributed by atoms with E-state index in [4.69, 9.17) is 4.74 Å². The van der Waals surface area contributed by atoms with E-state index in [1.807, 2.05) is 43.3 Å². The van der Waals surface area contributed by atoms with E-state index in [-0.39, 0.29) is 37.6 Å². The van der Waals surface area contributed by atoms with Crippen molar-refractivity contribution in [3.63, 3.8) is 0 Å². The van der Waals surface area contributed by atoms with Gasteiger partial charge in [-0.05, 0) is 62.6 Å². The van der Waals surface area contributed by atoms with E-state index in [1.54, 1.807) is 32.9 Å². The Bertz CT molecular complexity index is 1430. The number of benzene rings is 3. The smallest absolute Gasteiger partial charge is 0.251 e. The SMILES string of the molecule is CCNC(=O)c1ccccc1-c1ccc(CNC(=O)C(COCc2c(F)cccc2F)NC(=O)CC(C)(C)NCC(C)O)cc1. The average molecular weight is 625 g/mol. The van der Waals surface area contributed by atoms with Crippen LogP contribution in [0.2, 0.25) is 0 Å². The quantitative estimate of drug-likeness (QED) is 0.165. The Labute approximate surface area is 262 Å². The number of hydrogen-bond donors (Lipinski definition) is 5. The first-order chi connectivity index (χ1) is 21.4. The van der Waals surface area contributed by atoms with Crippen LogP contribution in [0.4, 0.5) is 8.78 Å². The molecule has 2 atom stereocenters. The summed E-state index contributed by atoms with van der Waals surface area (Å²) in [6.45, 7) is 7.21. The summed E-state index contributed by atoms with van der Waals surface area (Å²) in [4.78, 5) is 38.7. The highest BCUT2D eigenvalue weighted by Gasteiger charge is 2.27. The zero-order chi connectivity index (χ0) is 33.0. The molecule has 0 heterocycles. The first-order valence-electron chi connectivity index (χ1n) is 14.9. The number of carbonyl (C=O) groups excluding carboxylic acids is 3. The third kappa shape index (κ3) is 11.0. The number of aliphatic hydroxyl groups is 1. The van der Waals surface area contributed by atoms with Gasteiger partial charge in [-0.1, -0.05) is 48.5 Å². The minimum absolute atomic E-state index is 0.00927. The van der Waals surface area contributed by atoms with Crippen LogP contribution in [-0.4, -0.2) is 60.2 Å². The zero-order valence-electron chi connectivity index (χ0n) is 26.1. The fourth-order valence-corrected chi connectivity index (χ4v) is 4.57. The van der Waals surface area contributed by atoms with Crippen molar-refractivity contribution >= 4 is 17.7 Å². The molecular weight excluding hydrogens is 582 g/mol. The minimum atomic E-state index is -1.15. The van der Waals surface area contributed by atoms with Crippen LogP contribution in [0, 0.1) is 11.6 Å². The van der Waals surface area contributed by atoms with Gasteiger partial charge in [0.05, 0.1) is 19.3 Å². The number of ether oxygens (including phenoxy) is 1. The molecule has 0 bridgehead atoms. The maximum Gasteiger partial charge on any atom is 0.251 e. The van der Waals surface area contributed by atoms with Crippen LogP contribution in [-0.2, 0) is 27.5 Å². The van der Waals surface area contributed by atoms with Crippen LogP contribution in [0.3, 0.4) is 0 Å². The number of halogens is 2. The van der Waals surface area contributed by atoms with Gasteiger partial charge in [-0.3, -0.25) is 14.4 Å². The highest BCUT2D eigenvalue weighted by molar-refractivity contribution is 6.00. The molecule has 11 heteroatoms. The number of nitrogens with one attached hydrogen (secondary N) is 4. The van der Waals surface area contributed by atoms with E-state index in [9.17, 15) is 28.3 Å². The number of rotatable bonds is 16. The fraction of sp³-hybridized carbons (Fsp3) is 0.382. The zero-order valence-corrected chi connectivity index (χ0v) is 26.1. The molecule has 0 aliphatic heterocycles. The highest BCUT2D eigenvalue weighted by Crippen LogP contribution is 2.24. The van der Waals surface area contributed by atoms with E-state index in [0.717, 1.165) is 28.8 Å². The molecule has 5 N–H and O–H groups in total. The van der Waals surface area contributed by atoms with Crippen molar-refractivity contribution in [1.82, 2.24) is 21.3 Å². The molecule has 0 saturated carbocycles. The van der Waals surface area contributed by atoms with E-state index in [0.29, 0.717) is 12.1 Å². The van der Waals surface area contributed by atoms with Gasteiger partial charge in [0.2, 0.25) is 11.8 Å². The summed E-state index contributed by atoms with van der Waals surface area (Å²) in [5.74, 6) is -2.71. The number of carbonyl (C=O) groups is 3. The van der Waals surface area contributed by atoms with Crippen molar-refractivity contribution in [2.45, 2.75) is 65.0 Å². The summed E-state index contributed by atoms with van der Waals surface area (Å²) in [6, 6.07) is 17.0. The lowest BCUT2D eigenvalue weighted by molar-refractivity contribution is -0.131. The maximum atomic E-state index is 14.1. The van der Waals surface area contributed by atoms with Crippen LogP contribution in [0.15, 0.2) is 66.7 Å². The highest BCUT2D eigenvalue weighted by atomic mass is 19.1. The Kier molecular flexibility index (Phi) is 13.1. The molecule has 242 valence electrons. The lowest BCUT2D eigenvalue weighted by Gasteiger charge is -2.28. The number of β-amino-alcohol motifs (C(OH)–C–C–N with tert-alkyl or cyclic N) is 1. The van der Waals surface area contributed by atoms with Gasteiger partial charge in [0.25, 0.3) is 5.91 Å². The van der Waals surface area contributed by atoms with Crippen molar-refractivity contribution in [1.29, 1.82) is 0 Å². The lowest BCUT2D eigenvalue weighted by Crippen LogP contribution is -2.52. The second-order valence-corrected chi connectivity index (χ2v) is 11.4. The van der Waals surface area contributed by atoms with Crippen LogP contribution in [0.5, 0.6) is 0 Å². The van der Waals surface area contributed by atoms with Gasteiger partial charge >= 0.3 is 0 Å². The maximum absolute atomic E-state index is 14.1. The standard InChI is InChI=1S/C34H42F2N4O5/c1-5-37-32(43)26-10-7-6-9-25(26)24-15-13-23(14-16-24)19-38-33(44)30(21-45-20-27-28(35)11-8-12-29(27)36)40-31(42)17-34(3,4)39-18-22(2)41/h6-16,22,30,39,41H,5,17-21H2,1-4H3,(H,37,43)(H,38,44)(H,40,42). The van der Waals surface area contributed by atoms with Gasteiger partial charge in [0, 0.05) is 42.7 Å². The largest absolute Gasteiger partial charge is 0.392 e. The molecule has 0 aliphatic carbocycles. The molecule has 0 fully saturated rings. The molecule has 0 aromatic heterocycles. The van der Waals surface area contributed by atoms with Crippen molar-refractivity contribution in [3.8, 4) is 11.1 Å². The van der Waals surface area contributed by atoms with Crippen molar-refractivity contribution in [3.05, 3.63) is 95.1 Å². The van der Waals surface area contributed by atoms with Crippen LogP contribution in [0.25, 0.3) is 11.1 Å². The second-order valence-electron chi connectivity index (χ2n) is 11.4. The number of hydrogen-bond acceptors (Lipinski definition) is 6. The van der Waals surface area contributed by atoms with Gasteiger partial charge in [0.15, 0.2) is 0 Å². The van der Waals surface area contributed by atoms with E-state index < -0.39 is 47.7 Å². The molecular formula is C34H42F2N4O5. The van der Waals surface area contributed by atoms with Crippen molar-refractivity contribution < 1.29 is 33.0 Å². The fourth-order valence-electron chi connectivity index (χ4n) is 4.57. The average Bonchev–Trinajstić information content (AvgIpc) is 3.00. The summed E-state index contributed by atoms with van der Waals surface area (Å²) >= 11 is 0. The summed E-state index contributed by atoms with van der Waals surface area (Å²) < 4.78 is 33.7. The van der Waals surface area contributed by atoms with E-state index in [1.165, 1.54) is 6.07 Å². The third-order valence-electron chi connectivity index (χ3n) is 6.96. The Morgan fingerprint density at radius 1 is 0.933 bits per heavy atom. The van der Waals surface area contributed by atoms with Gasteiger partial charge in [-0.25, -0.2) is 8.78 Å².